The first-order chi connectivity index (χ1) is 15.4. The van der Waals surface area contributed by atoms with E-state index >= 15 is 0 Å². The standard InChI is InChI=1S/C28H35NO2Si/c1-32(2,3)27(29)26(30)21-13-14-22-31-28(23-15-7-4-8-16-23,24-17-9-5-10-18-24)25-19-11-6-12-20-25/h4-20,26-27,30H,21-22,29H2,1-3H3/b14-13-. The van der Waals surface area contributed by atoms with E-state index in [4.69, 9.17) is 10.5 Å². The Morgan fingerprint density at radius 3 is 1.56 bits per heavy atom. The van der Waals surface area contributed by atoms with Gasteiger partial charge in [0, 0.05) is 5.67 Å². The number of benzene rings is 3. The van der Waals surface area contributed by atoms with Crippen LogP contribution in [0.2, 0.25) is 19.6 Å². The highest BCUT2D eigenvalue weighted by Gasteiger charge is 2.37. The quantitative estimate of drug-likeness (QED) is 0.246. The molecule has 0 fully saturated rings. The van der Waals surface area contributed by atoms with Crippen molar-refractivity contribution in [1.29, 1.82) is 0 Å². The topological polar surface area (TPSA) is 55.5 Å². The zero-order valence-electron chi connectivity index (χ0n) is 19.3. The number of hydrogen-bond donors (Lipinski definition) is 2. The highest BCUT2D eigenvalue weighted by Crippen LogP contribution is 2.40. The maximum absolute atomic E-state index is 10.5. The molecule has 2 atom stereocenters. The molecule has 0 aliphatic rings. The van der Waals surface area contributed by atoms with Crippen LogP contribution in [0.4, 0.5) is 0 Å². The van der Waals surface area contributed by atoms with E-state index in [-0.39, 0.29) is 5.67 Å². The van der Waals surface area contributed by atoms with Gasteiger partial charge in [-0.15, -0.1) is 0 Å². The van der Waals surface area contributed by atoms with Gasteiger partial charge in [0.1, 0.15) is 5.60 Å². The molecule has 4 heteroatoms. The van der Waals surface area contributed by atoms with E-state index in [1.165, 1.54) is 0 Å². The number of aliphatic hydroxyl groups is 1. The van der Waals surface area contributed by atoms with E-state index in [1.54, 1.807) is 0 Å². The van der Waals surface area contributed by atoms with Crippen molar-refractivity contribution in [2.45, 2.75) is 43.4 Å². The second kappa shape index (κ2) is 10.9. The molecule has 0 amide bonds. The normalized spacial score (nSPS) is 14.4. The maximum Gasteiger partial charge on any atom is 0.144 e. The van der Waals surface area contributed by atoms with Gasteiger partial charge in [-0.25, -0.2) is 0 Å². The van der Waals surface area contributed by atoms with Crippen molar-refractivity contribution in [1.82, 2.24) is 0 Å². The summed E-state index contributed by atoms with van der Waals surface area (Å²) in [7, 11) is -1.59. The molecule has 32 heavy (non-hydrogen) atoms. The largest absolute Gasteiger partial charge is 0.392 e. The molecule has 2 unspecified atom stereocenters. The van der Waals surface area contributed by atoms with Crippen LogP contribution in [0.3, 0.4) is 0 Å². The van der Waals surface area contributed by atoms with Gasteiger partial charge < -0.3 is 15.6 Å². The van der Waals surface area contributed by atoms with Gasteiger partial charge in [0.2, 0.25) is 0 Å². The van der Waals surface area contributed by atoms with Crippen LogP contribution in [0.5, 0.6) is 0 Å². The van der Waals surface area contributed by atoms with Crippen molar-refractivity contribution in [2.24, 2.45) is 5.73 Å². The van der Waals surface area contributed by atoms with E-state index in [0.717, 1.165) is 16.7 Å². The summed E-state index contributed by atoms with van der Waals surface area (Å²) in [5.74, 6) is 0. The van der Waals surface area contributed by atoms with Crippen LogP contribution < -0.4 is 5.73 Å². The minimum atomic E-state index is -1.59. The molecule has 0 radical (unpaired) electrons. The van der Waals surface area contributed by atoms with Crippen molar-refractivity contribution >= 4 is 8.07 Å². The van der Waals surface area contributed by atoms with Gasteiger partial charge in [-0.1, -0.05) is 123 Å². The molecule has 0 saturated heterocycles. The Labute approximate surface area is 193 Å². The number of ether oxygens (including phenoxy) is 1. The predicted octanol–water partition coefficient (Wildman–Crippen LogP) is 5.51. The van der Waals surface area contributed by atoms with Crippen LogP contribution in [-0.4, -0.2) is 31.6 Å². The fourth-order valence-corrected chi connectivity index (χ4v) is 5.26. The molecule has 0 heterocycles. The highest BCUT2D eigenvalue weighted by molar-refractivity contribution is 6.77. The Morgan fingerprint density at radius 2 is 1.19 bits per heavy atom. The Balaban J connectivity index is 1.89. The average Bonchev–Trinajstić information content (AvgIpc) is 2.82. The monoisotopic (exact) mass is 445 g/mol. The van der Waals surface area contributed by atoms with Crippen LogP contribution >= 0.6 is 0 Å². The maximum atomic E-state index is 10.5. The average molecular weight is 446 g/mol. The molecule has 0 saturated carbocycles. The first-order valence-electron chi connectivity index (χ1n) is 11.2. The lowest BCUT2D eigenvalue weighted by atomic mass is 9.80. The molecule has 3 N–H and O–H groups in total. The Morgan fingerprint density at radius 1 is 0.781 bits per heavy atom. The molecule has 3 nitrogen and oxygen atoms in total. The second-order valence-corrected chi connectivity index (χ2v) is 14.7. The molecule has 3 aromatic rings. The minimum absolute atomic E-state index is 0.148. The van der Waals surface area contributed by atoms with Crippen LogP contribution in [0.25, 0.3) is 0 Å². The first-order valence-corrected chi connectivity index (χ1v) is 14.8. The Bertz CT molecular complexity index is 872. The number of rotatable bonds is 10. The molecule has 0 aromatic heterocycles. The smallest absolute Gasteiger partial charge is 0.144 e. The van der Waals surface area contributed by atoms with E-state index in [9.17, 15) is 5.11 Å². The number of aliphatic hydroxyl groups excluding tert-OH is 1. The molecule has 0 spiro atoms. The van der Waals surface area contributed by atoms with Gasteiger partial charge in [-0.05, 0) is 23.1 Å². The van der Waals surface area contributed by atoms with Gasteiger partial charge >= 0.3 is 0 Å². The molecule has 3 aromatic carbocycles. The van der Waals surface area contributed by atoms with Gasteiger partial charge in [-0.2, -0.15) is 0 Å². The van der Waals surface area contributed by atoms with E-state index < -0.39 is 19.8 Å². The Kier molecular flexibility index (Phi) is 8.21. The fourth-order valence-electron chi connectivity index (χ4n) is 3.97. The first kappa shape index (κ1) is 24.1. The molecule has 0 bridgehead atoms. The van der Waals surface area contributed by atoms with Crippen LogP contribution in [0.1, 0.15) is 23.1 Å². The molecule has 168 valence electrons. The van der Waals surface area contributed by atoms with Gasteiger partial charge in [0.05, 0.1) is 20.8 Å². The number of hydrogen-bond acceptors (Lipinski definition) is 3. The van der Waals surface area contributed by atoms with Gasteiger partial charge in [0.25, 0.3) is 0 Å². The SMILES string of the molecule is C[Si](C)(C)C(N)C(O)C/C=C\COC(c1ccccc1)(c1ccccc1)c1ccccc1. The third kappa shape index (κ3) is 5.64. The molecule has 0 aliphatic carbocycles. The van der Waals surface area contributed by atoms with E-state index in [1.807, 2.05) is 66.7 Å². The van der Waals surface area contributed by atoms with Crippen molar-refractivity contribution in [2.75, 3.05) is 6.61 Å². The Hall–Kier alpha value is -2.50. The summed E-state index contributed by atoms with van der Waals surface area (Å²) in [5, 5.41) is 10.5. The summed E-state index contributed by atoms with van der Waals surface area (Å²) in [5.41, 5.74) is 8.60. The van der Waals surface area contributed by atoms with Crippen molar-refractivity contribution in [3.8, 4) is 0 Å². The van der Waals surface area contributed by atoms with Crippen LogP contribution in [0, 0.1) is 0 Å². The molecular formula is C28H35NO2Si. The van der Waals surface area contributed by atoms with Crippen LogP contribution in [-0.2, 0) is 10.3 Å². The molecular weight excluding hydrogens is 410 g/mol. The second-order valence-electron chi connectivity index (χ2n) is 9.26. The van der Waals surface area contributed by atoms with Gasteiger partial charge in [-0.3, -0.25) is 0 Å². The fraction of sp³-hybridized carbons (Fsp3) is 0.286. The van der Waals surface area contributed by atoms with Gasteiger partial charge in [0.15, 0.2) is 0 Å². The van der Waals surface area contributed by atoms with Crippen molar-refractivity contribution in [3.05, 3.63) is 120 Å². The summed E-state index contributed by atoms with van der Waals surface area (Å²) in [6.07, 6.45) is 3.98. The lowest BCUT2D eigenvalue weighted by Gasteiger charge is -2.35. The third-order valence-electron chi connectivity index (χ3n) is 5.90. The summed E-state index contributed by atoms with van der Waals surface area (Å²) in [6, 6.07) is 31.0. The third-order valence-corrected chi connectivity index (χ3v) is 8.28. The summed E-state index contributed by atoms with van der Waals surface area (Å²) in [6.45, 7) is 6.96. The summed E-state index contributed by atoms with van der Waals surface area (Å²) >= 11 is 0. The minimum Gasteiger partial charge on any atom is -0.392 e. The van der Waals surface area contributed by atoms with Crippen LogP contribution in [0.15, 0.2) is 103 Å². The zero-order valence-corrected chi connectivity index (χ0v) is 20.3. The zero-order chi connectivity index (χ0) is 23.0. The predicted molar refractivity (Wildman–Crippen MR) is 136 cm³/mol. The van der Waals surface area contributed by atoms with E-state index in [0.29, 0.717) is 13.0 Å². The highest BCUT2D eigenvalue weighted by atomic mass is 28.3. The lowest BCUT2D eigenvalue weighted by Crippen LogP contribution is -2.52. The lowest BCUT2D eigenvalue weighted by molar-refractivity contribution is 0.0318. The molecule has 0 aliphatic heterocycles. The van der Waals surface area contributed by atoms with E-state index in [2.05, 4.69) is 56.0 Å². The van der Waals surface area contributed by atoms with Crippen molar-refractivity contribution in [3.63, 3.8) is 0 Å². The molecule has 3 rings (SSSR count). The van der Waals surface area contributed by atoms with Crippen molar-refractivity contribution < 1.29 is 9.84 Å². The number of nitrogens with two attached hydrogens (primary N) is 1. The summed E-state index contributed by atoms with van der Waals surface area (Å²) < 4.78 is 6.71. The summed E-state index contributed by atoms with van der Waals surface area (Å²) in [4.78, 5) is 0.